The highest BCUT2D eigenvalue weighted by Gasteiger charge is 2.23. The van der Waals surface area contributed by atoms with E-state index in [2.05, 4.69) is 74.0 Å². The lowest BCUT2D eigenvalue weighted by Gasteiger charge is -2.35. The summed E-state index contributed by atoms with van der Waals surface area (Å²) in [6, 6.07) is 2.26. The summed E-state index contributed by atoms with van der Waals surface area (Å²) in [6.45, 7) is 21.1. The van der Waals surface area contributed by atoms with Crippen LogP contribution in [0.15, 0.2) is 0 Å². The van der Waals surface area contributed by atoms with E-state index in [4.69, 9.17) is 4.74 Å². The van der Waals surface area contributed by atoms with E-state index in [9.17, 15) is 0 Å². The van der Waals surface area contributed by atoms with Crippen molar-refractivity contribution >= 4 is 0 Å². The van der Waals surface area contributed by atoms with Gasteiger partial charge in [0.05, 0.1) is 12.7 Å². The molecule has 33 heavy (non-hydrogen) atoms. The first kappa shape index (κ1) is 30.8. The Morgan fingerprint density at radius 3 is 2.30 bits per heavy atom. The molecule has 0 spiro atoms. The van der Waals surface area contributed by atoms with Gasteiger partial charge in [-0.15, -0.1) is 0 Å². The van der Waals surface area contributed by atoms with Gasteiger partial charge in [-0.1, -0.05) is 34.6 Å². The predicted molar refractivity (Wildman–Crippen MR) is 149 cm³/mol. The number of hydrogen-bond donors (Lipinski definition) is 2. The fourth-order valence-corrected chi connectivity index (χ4v) is 5.16. The minimum Gasteiger partial charge on any atom is -0.374 e. The van der Waals surface area contributed by atoms with Crippen LogP contribution in [0.1, 0.15) is 82.4 Å². The van der Waals surface area contributed by atoms with Gasteiger partial charge in [-0.3, -0.25) is 4.90 Å². The van der Waals surface area contributed by atoms with Crippen LogP contribution in [0.25, 0.3) is 0 Å². The summed E-state index contributed by atoms with van der Waals surface area (Å²) in [7, 11) is 4.50. The zero-order valence-electron chi connectivity index (χ0n) is 23.4. The van der Waals surface area contributed by atoms with E-state index in [1.165, 1.54) is 71.1 Å². The molecule has 2 rings (SSSR count). The maximum Gasteiger partial charge on any atom is 0.0826 e. The Hall–Kier alpha value is -0.240. The molecular formula is C27H63N5O. The predicted octanol–water partition coefficient (Wildman–Crippen LogP) is 4.16. The Labute approximate surface area is 210 Å². The molecule has 1 saturated carbocycles. The largest absolute Gasteiger partial charge is 0.374 e. The Morgan fingerprint density at radius 2 is 1.70 bits per heavy atom. The van der Waals surface area contributed by atoms with Crippen molar-refractivity contribution < 1.29 is 7.59 Å². The Balaban J connectivity index is 0. The molecule has 0 unspecified atom stereocenters. The van der Waals surface area contributed by atoms with Gasteiger partial charge in [0, 0.05) is 40.6 Å². The number of ether oxygens (including phenoxy) is 1. The minimum atomic E-state index is 0. The van der Waals surface area contributed by atoms with Crippen LogP contribution in [0.3, 0.4) is 0 Å². The van der Waals surface area contributed by atoms with Crippen molar-refractivity contribution in [3.63, 3.8) is 0 Å². The number of hydrogen-bond acceptors (Lipinski definition) is 6. The van der Waals surface area contributed by atoms with Crippen molar-refractivity contribution in [2.45, 2.75) is 104 Å². The molecule has 6 nitrogen and oxygen atoms in total. The van der Waals surface area contributed by atoms with E-state index in [-0.39, 0.29) is 2.85 Å². The van der Waals surface area contributed by atoms with Gasteiger partial charge < -0.3 is 25.2 Å². The molecule has 0 bridgehead atoms. The molecule has 202 valence electrons. The maximum absolute atomic E-state index is 5.76. The lowest BCUT2D eigenvalue weighted by molar-refractivity contribution is -0.0275. The van der Waals surface area contributed by atoms with E-state index in [1.807, 2.05) is 0 Å². The van der Waals surface area contributed by atoms with Crippen LogP contribution >= 0.6 is 0 Å². The van der Waals surface area contributed by atoms with Gasteiger partial charge in [-0.05, 0) is 91.8 Å². The topological polar surface area (TPSA) is 43.0 Å². The summed E-state index contributed by atoms with van der Waals surface area (Å²) in [5.41, 5.74) is 0. The molecule has 0 aromatic heterocycles. The molecule has 1 aliphatic heterocycles. The smallest absolute Gasteiger partial charge is 0.0826 e. The molecule has 1 aliphatic carbocycles. The second-order valence-electron chi connectivity index (χ2n) is 10.6. The van der Waals surface area contributed by atoms with Crippen LogP contribution in [-0.4, -0.2) is 112 Å². The monoisotopic (exact) mass is 474 g/mol. The van der Waals surface area contributed by atoms with Crippen molar-refractivity contribution in [2.24, 2.45) is 0 Å². The van der Waals surface area contributed by atoms with Crippen LogP contribution in [-0.2, 0) is 4.74 Å². The molecule has 6 heteroatoms. The summed E-state index contributed by atoms with van der Waals surface area (Å²) < 4.78 is 5.76. The number of rotatable bonds is 14. The molecule has 2 aliphatic rings. The fraction of sp³-hybridized carbons (Fsp3) is 1.00. The molecular weight excluding hydrogens is 410 g/mol. The van der Waals surface area contributed by atoms with Crippen LogP contribution in [0.2, 0.25) is 0 Å². The Morgan fingerprint density at radius 1 is 1.00 bits per heavy atom. The van der Waals surface area contributed by atoms with Crippen molar-refractivity contribution in [2.75, 3.05) is 73.1 Å². The van der Waals surface area contributed by atoms with Crippen molar-refractivity contribution in [1.29, 1.82) is 0 Å². The highest BCUT2D eigenvalue weighted by atomic mass is 16.5. The first-order chi connectivity index (χ1) is 15.9. The summed E-state index contributed by atoms with van der Waals surface area (Å²) in [5.74, 6) is 0. The first-order valence-electron chi connectivity index (χ1n) is 14.1. The number of nitrogens with zero attached hydrogens (tertiary/aromatic N) is 3. The van der Waals surface area contributed by atoms with Gasteiger partial charge in [-0.2, -0.15) is 0 Å². The lowest BCUT2D eigenvalue weighted by Crippen LogP contribution is -2.47. The van der Waals surface area contributed by atoms with Gasteiger partial charge in [-0.25, -0.2) is 0 Å². The van der Waals surface area contributed by atoms with Gasteiger partial charge in [0.1, 0.15) is 0 Å². The van der Waals surface area contributed by atoms with Gasteiger partial charge in [0.25, 0.3) is 0 Å². The molecule has 0 radical (unpaired) electrons. The van der Waals surface area contributed by atoms with E-state index in [1.54, 1.807) is 0 Å². The average Bonchev–Trinajstić information content (AvgIpc) is 2.79. The Kier molecular flexibility index (Phi) is 17.7. The van der Waals surface area contributed by atoms with Crippen LogP contribution in [0.4, 0.5) is 0 Å². The highest BCUT2D eigenvalue weighted by Crippen LogP contribution is 2.22. The number of morpholine rings is 1. The zero-order valence-corrected chi connectivity index (χ0v) is 23.4. The van der Waals surface area contributed by atoms with Gasteiger partial charge in [0.15, 0.2) is 0 Å². The molecule has 2 N–H and O–H groups in total. The number of likely N-dealkylation sites (N-methyl/N-ethyl adjacent to an activating group) is 1. The Bertz CT molecular complexity index is 453. The van der Waals surface area contributed by atoms with Crippen LogP contribution < -0.4 is 10.6 Å². The normalized spacial score (nSPS) is 24.4. The third kappa shape index (κ3) is 14.7. The summed E-state index contributed by atoms with van der Waals surface area (Å²) in [6.07, 6.45) is 9.64. The summed E-state index contributed by atoms with van der Waals surface area (Å²) >= 11 is 0. The molecule has 1 saturated heterocycles. The molecule has 0 aromatic carbocycles. The second kappa shape index (κ2) is 19.0. The van der Waals surface area contributed by atoms with E-state index < -0.39 is 0 Å². The quantitative estimate of drug-likeness (QED) is 0.395. The average molecular weight is 474 g/mol. The fourth-order valence-electron chi connectivity index (χ4n) is 5.16. The lowest BCUT2D eigenvalue weighted by atomic mass is 9.90. The summed E-state index contributed by atoms with van der Waals surface area (Å²) in [5, 5.41) is 7.02. The van der Waals surface area contributed by atoms with Crippen molar-refractivity contribution in [3.05, 3.63) is 0 Å². The van der Waals surface area contributed by atoms with E-state index >= 15 is 0 Å². The van der Waals surface area contributed by atoms with Crippen LogP contribution in [0, 0.1) is 0 Å². The zero-order chi connectivity index (χ0) is 24.5. The third-order valence-electron chi connectivity index (χ3n) is 6.93. The molecule has 0 amide bonds. The molecule has 2 fully saturated rings. The molecule has 1 heterocycles. The number of nitrogens with one attached hydrogen (secondary N) is 2. The first-order valence-corrected chi connectivity index (χ1v) is 14.1. The maximum atomic E-state index is 5.76. The second-order valence-corrected chi connectivity index (χ2v) is 10.6. The third-order valence-corrected chi connectivity index (χ3v) is 6.93. The van der Waals surface area contributed by atoms with Crippen molar-refractivity contribution in [3.8, 4) is 0 Å². The van der Waals surface area contributed by atoms with Gasteiger partial charge in [0.2, 0.25) is 0 Å². The van der Waals surface area contributed by atoms with Crippen LogP contribution in [0.5, 0.6) is 0 Å². The van der Waals surface area contributed by atoms with Crippen molar-refractivity contribution in [1.82, 2.24) is 25.3 Å². The SMILES string of the molecule is CCCN(C)C1CCC(NC(C)C)CC1.CCCN(C)CCCN1CCO[C@H](CNCC)C1.[HH].[HH]. The van der Waals surface area contributed by atoms with Gasteiger partial charge >= 0.3 is 0 Å². The molecule has 0 aromatic rings. The van der Waals surface area contributed by atoms with E-state index in [0.717, 1.165) is 44.9 Å². The summed E-state index contributed by atoms with van der Waals surface area (Å²) in [4.78, 5) is 7.52. The van der Waals surface area contributed by atoms with E-state index in [0.29, 0.717) is 12.1 Å². The highest BCUT2D eigenvalue weighted by molar-refractivity contribution is 4.82. The minimum absolute atomic E-state index is 0. The molecule has 1 atom stereocenters. The standard InChI is InChI=1S/C14H31N3O.C13H28N2.2H2/c1-4-7-16(3)8-6-9-17-10-11-18-14(13-17)12-15-5-2;1-5-10-15(4)13-8-6-12(7-9-13)14-11(2)3;;/h14-15H,4-13H2,1-3H3;11-14H,5-10H2,1-4H3;2*1H/t14-;;;/m1.../s1.